The first-order chi connectivity index (χ1) is 9.48. The van der Waals surface area contributed by atoms with Crippen LogP contribution in [-0.2, 0) is 13.1 Å². The minimum Gasteiger partial charge on any atom is -0.324 e. The highest BCUT2D eigenvalue weighted by molar-refractivity contribution is 5.69. The van der Waals surface area contributed by atoms with E-state index in [4.69, 9.17) is 0 Å². The van der Waals surface area contributed by atoms with Crippen LogP contribution in [0.4, 0.5) is 0 Å². The molecule has 0 atom stereocenters. The average molecular weight is 292 g/mol. The molecule has 1 N–H and O–H groups in total. The number of fused-ring (bicyclic) bond motifs is 1. The van der Waals surface area contributed by atoms with Crippen molar-refractivity contribution in [2.24, 2.45) is 10.8 Å². The summed E-state index contributed by atoms with van der Waals surface area (Å²) in [5.41, 5.74) is 0.0202. The van der Waals surface area contributed by atoms with Crippen LogP contribution in [-0.4, -0.2) is 19.1 Å². The second kappa shape index (κ2) is 4.86. The smallest absolute Gasteiger partial charge is 0.324 e. The molecule has 21 heavy (non-hydrogen) atoms. The van der Waals surface area contributed by atoms with E-state index in [9.17, 15) is 9.59 Å². The van der Waals surface area contributed by atoms with Gasteiger partial charge in [0, 0.05) is 13.1 Å². The van der Waals surface area contributed by atoms with E-state index in [1.54, 1.807) is 6.33 Å². The maximum absolute atomic E-state index is 12.7. The molecule has 0 radical (unpaired) electrons. The first-order valence-corrected chi connectivity index (χ1v) is 7.16. The molecule has 6 heteroatoms. The Balaban J connectivity index is 2.66. The summed E-state index contributed by atoms with van der Waals surface area (Å²) in [5, 5.41) is 0. The maximum atomic E-state index is 12.7. The lowest BCUT2D eigenvalue weighted by Gasteiger charge is -2.20. The molecular formula is C15H24N4O2. The molecule has 0 saturated carbocycles. The van der Waals surface area contributed by atoms with Gasteiger partial charge in [0.2, 0.25) is 0 Å². The lowest BCUT2D eigenvalue weighted by molar-refractivity contribution is 0.329. The van der Waals surface area contributed by atoms with E-state index in [-0.39, 0.29) is 16.4 Å². The van der Waals surface area contributed by atoms with Crippen molar-refractivity contribution in [2.75, 3.05) is 0 Å². The van der Waals surface area contributed by atoms with Gasteiger partial charge >= 0.3 is 5.69 Å². The summed E-state index contributed by atoms with van der Waals surface area (Å²) in [6.07, 6.45) is 1.62. The second-order valence-electron chi connectivity index (χ2n) is 8.01. The third-order valence-electron chi connectivity index (χ3n) is 3.03. The van der Waals surface area contributed by atoms with Crippen molar-refractivity contribution in [3.05, 3.63) is 27.2 Å². The van der Waals surface area contributed by atoms with E-state index in [1.165, 1.54) is 4.57 Å². The minimum atomic E-state index is -0.400. The van der Waals surface area contributed by atoms with Gasteiger partial charge in [0.05, 0.1) is 6.33 Å². The van der Waals surface area contributed by atoms with Crippen LogP contribution in [0.1, 0.15) is 41.5 Å². The highest BCUT2D eigenvalue weighted by Gasteiger charge is 2.20. The average Bonchev–Trinajstić information content (AvgIpc) is 2.63. The van der Waals surface area contributed by atoms with Gasteiger partial charge < -0.3 is 4.57 Å². The Morgan fingerprint density at radius 2 is 1.62 bits per heavy atom. The van der Waals surface area contributed by atoms with Gasteiger partial charge in [-0.3, -0.25) is 14.3 Å². The number of H-pyrrole nitrogens is 1. The van der Waals surface area contributed by atoms with Crippen LogP contribution in [0.3, 0.4) is 0 Å². The Kier molecular flexibility index (Phi) is 3.59. The van der Waals surface area contributed by atoms with Crippen molar-refractivity contribution in [3.63, 3.8) is 0 Å². The van der Waals surface area contributed by atoms with Gasteiger partial charge in [0.1, 0.15) is 0 Å². The molecule has 6 nitrogen and oxygen atoms in total. The van der Waals surface area contributed by atoms with Crippen molar-refractivity contribution in [1.29, 1.82) is 0 Å². The summed E-state index contributed by atoms with van der Waals surface area (Å²) in [7, 11) is 0. The standard InChI is InChI=1S/C15H24N4O2/c1-14(2,3)7-18-9-16-11-10(18)12(20)19(13(21)17-11)8-15(4,5)6/h9H,7-8H2,1-6H3,(H,17,21). The molecule has 0 saturated heterocycles. The number of rotatable bonds is 2. The maximum Gasteiger partial charge on any atom is 0.330 e. The van der Waals surface area contributed by atoms with Gasteiger partial charge in [0.25, 0.3) is 5.56 Å². The fourth-order valence-electron chi connectivity index (χ4n) is 2.34. The highest BCUT2D eigenvalue weighted by Crippen LogP contribution is 2.18. The zero-order valence-corrected chi connectivity index (χ0v) is 13.6. The Hall–Kier alpha value is -1.85. The molecule has 0 aliphatic rings. The topological polar surface area (TPSA) is 72.7 Å². The molecule has 116 valence electrons. The van der Waals surface area contributed by atoms with E-state index in [2.05, 4.69) is 30.7 Å². The lowest BCUT2D eigenvalue weighted by Crippen LogP contribution is -2.39. The van der Waals surface area contributed by atoms with Crippen LogP contribution in [0.15, 0.2) is 15.9 Å². The van der Waals surface area contributed by atoms with Crippen molar-refractivity contribution in [3.8, 4) is 0 Å². The normalized spacial score (nSPS) is 13.0. The van der Waals surface area contributed by atoms with Crippen LogP contribution in [0.25, 0.3) is 11.2 Å². The summed E-state index contributed by atoms with van der Waals surface area (Å²) in [6.45, 7) is 13.3. The van der Waals surface area contributed by atoms with Crippen LogP contribution in [0.5, 0.6) is 0 Å². The quantitative estimate of drug-likeness (QED) is 0.920. The van der Waals surface area contributed by atoms with Gasteiger partial charge in [-0.25, -0.2) is 9.78 Å². The van der Waals surface area contributed by atoms with E-state index in [1.807, 2.05) is 25.3 Å². The predicted molar refractivity (Wildman–Crippen MR) is 83.5 cm³/mol. The number of aromatic amines is 1. The number of imidazole rings is 1. The fourth-order valence-corrected chi connectivity index (χ4v) is 2.34. The molecule has 2 heterocycles. The van der Waals surface area contributed by atoms with Gasteiger partial charge in [0.15, 0.2) is 11.2 Å². The third-order valence-corrected chi connectivity index (χ3v) is 3.03. The van der Waals surface area contributed by atoms with E-state index >= 15 is 0 Å². The predicted octanol–water partition coefficient (Wildman–Crippen LogP) is 1.98. The second-order valence-corrected chi connectivity index (χ2v) is 8.01. The highest BCUT2D eigenvalue weighted by atomic mass is 16.2. The summed E-state index contributed by atoms with van der Waals surface area (Å²) < 4.78 is 3.09. The Morgan fingerprint density at radius 1 is 1.05 bits per heavy atom. The molecule has 2 aromatic rings. The first-order valence-electron chi connectivity index (χ1n) is 7.16. The molecule has 0 aliphatic carbocycles. The van der Waals surface area contributed by atoms with E-state index < -0.39 is 5.69 Å². The number of nitrogens with zero attached hydrogens (tertiary/aromatic N) is 3. The summed E-state index contributed by atoms with van der Waals surface area (Å²) >= 11 is 0. The van der Waals surface area contributed by atoms with Crippen molar-refractivity contribution in [2.45, 2.75) is 54.6 Å². The van der Waals surface area contributed by atoms with Crippen LogP contribution in [0.2, 0.25) is 0 Å². The monoisotopic (exact) mass is 292 g/mol. The van der Waals surface area contributed by atoms with E-state index in [0.29, 0.717) is 24.3 Å². The molecule has 2 aromatic heterocycles. The molecule has 2 rings (SSSR count). The molecule has 0 aromatic carbocycles. The number of nitrogens with one attached hydrogen (secondary N) is 1. The summed E-state index contributed by atoms with van der Waals surface area (Å²) in [6, 6.07) is 0. The van der Waals surface area contributed by atoms with Crippen LogP contribution < -0.4 is 11.2 Å². The van der Waals surface area contributed by atoms with Crippen molar-refractivity contribution in [1.82, 2.24) is 19.1 Å². The van der Waals surface area contributed by atoms with Crippen molar-refractivity contribution < 1.29 is 0 Å². The molecular weight excluding hydrogens is 268 g/mol. The SMILES string of the molecule is CC(C)(C)Cn1c(=O)[nH]c2ncn(CC(C)(C)C)c2c1=O. The lowest BCUT2D eigenvalue weighted by atomic mass is 9.96. The molecule has 0 amide bonds. The zero-order chi connectivity index (χ0) is 16.0. The van der Waals surface area contributed by atoms with Gasteiger partial charge in [-0.05, 0) is 10.8 Å². The van der Waals surface area contributed by atoms with Gasteiger partial charge in [-0.2, -0.15) is 0 Å². The molecule has 0 bridgehead atoms. The largest absolute Gasteiger partial charge is 0.330 e. The number of aromatic nitrogens is 4. The Labute approximate surface area is 123 Å². The molecule has 0 spiro atoms. The number of hydrogen-bond donors (Lipinski definition) is 1. The van der Waals surface area contributed by atoms with Crippen LogP contribution in [0, 0.1) is 10.8 Å². The third kappa shape index (κ3) is 3.43. The number of hydrogen-bond acceptors (Lipinski definition) is 3. The van der Waals surface area contributed by atoms with Crippen molar-refractivity contribution >= 4 is 11.2 Å². The minimum absolute atomic E-state index is 0.0189. The molecule has 0 fully saturated rings. The Bertz CT molecular complexity index is 766. The zero-order valence-electron chi connectivity index (χ0n) is 13.6. The Morgan fingerprint density at radius 3 is 2.14 bits per heavy atom. The molecule has 0 unspecified atom stereocenters. The summed E-state index contributed by atoms with van der Waals surface area (Å²) in [4.78, 5) is 31.6. The van der Waals surface area contributed by atoms with Gasteiger partial charge in [-0.15, -0.1) is 0 Å². The summed E-state index contributed by atoms with van der Waals surface area (Å²) in [5.74, 6) is 0. The van der Waals surface area contributed by atoms with Crippen LogP contribution >= 0.6 is 0 Å². The van der Waals surface area contributed by atoms with Gasteiger partial charge in [-0.1, -0.05) is 41.5 Å². The first kappa shape index (κ1) is 15.5. The van der Waals surface area contributed by atoms with E-state index in [0.717, 1.165) is 0 Å². The fraction of sp³-hybridized carbons (Fsp3) is 0.667. The molecule has 0 aliphatic heterocycles.